The molecule has 0 amide bonds. The number of hydrogen-bond donors (Lipinski definition) is 2. The second kappa shape index (κ2) is 8.61. The van der Waals surface area contributed by atoms with Crippen LogP contribution in [0.25, 0.3) is 0 Å². The summed E-state index contributed by atoms with van der Waals surface area (Å²) in [5, 5.41) is 3.03. The van der Waals surface area contributed by atoms with Gasteiger partial charge in [-0.25, -0.2) is 4.39 Å². The van der Waals surface area contributed by atoms with Crippen molar-refractivity contribution in [2.75, 3.05) is 11.9 Å². The smallest absolute Gasteiger partial charge is 0.193 e. The third kappa shape index (κ3) is 6.12. The molecule has 2 aromatic carbocycles. The summed E-state index contributed by atoms with van der Waals surface area (Å²) in [7, 11) is 0. The zero-order valence-corrected chi connectivity index (χ0v) is 14.2. The summed E-state index contributed by atoms with van der Waals surface area (Å²) >= 11 is 0. The van der Waals surface area contributed by atoms with E-state index in [2.05, 4.69) is 10.3 Å². The molecule has 5 heteroatoms. The molecule has 0 unspecified atom stereocenters. The van der Waals surface area contributed by atoms with Gasteiger partial charge >= 0.3 is 0 Å². The van der Waals surface area contributed by atoms with Gasteiger partial charge < -0.3 is 11.1 Å². The fraction of sp³-hybridized carbons (Fsp3) is 0.188. The summed E-state index contributed by atoms with van der Waals surface area (Å²) in [5.74, 6) is 0.143. The minimum Gasteiger partial charge on any atom is -0.370 e. The van der Waals surface area contributed by atoms with E-state index in [1.807, 2.05) is 37.3 Å². The summed E-state index contributed by atoms with van der Waals surface area (Å²) in [6.07, 6.45) is 0.661. The highest BCUT2D eigenvalue weighted by Gasteiger charge is 1.97. The number of aryl methyl sites for hydroxylation is 1. The van der Waals surface area contributed by atoms with Crippen molar-refractivity contribution in [1.29, 1.82) is 0 Å². The molecule has 0 aliphatic carbocycles. The summed E-state index contributed by atoms with van der Waals surface area (Å²) in [6.45, 7) is 2.54. The number of benzene rings is 2. The van der Waals surface area contributed by atoms with Crippen LogP contribution in [0.15, 0.2) is 53.5 Å². The van der Waals surface area contributed by atoms with E-state index in [1.54, 1.807) is 6.07 Å². The third-order valence-electron chi connectivity index (χ3n) is 2.86. The molecule has 0 aliphatic rings. The fourth-order valence-electron chi connectivity index (χ4n) is 1.91. The molecule has 0 atom stereocenters. The molecule has 2 aromatic rings. The monoisotopic (exact) mass is 399 g/mol. The van der Waals surface area contributed by atoms with E-state index in [-0.39, 0.29) is 29.8 Å². The van der Waals surface area contributed by atoms with Gasteiger partial charge in [-0.1, -0.05) is 24.3 Å². The Morgan fingerprint density at radius 1 is 1.19 bits per heavy atom. The predicted octanol–water partition coefficient (Wildman–Crippen LogP) is 3.72. The maximum absolute atomic E-state index is 13.0. The summed E-state index contributed by atoms with van der Waals surface area (Å²) in [5.41, 5.74) is 8.80. The van der Waals surface area contributed by atoms with Gasteiger partial charge in [0.15, 0.2) is 5.96 Å². The number of halogens is 2. The van der Waals surface area contributed by atoms with E-state index >= 15 is 0 Å². The molecular formula is C16H19FIN3. The van der Waals surface area contributed by atoms with E-state index in [0.29, 0.717) is 18.9 Å². The van der Waals surface area contributed by atoms with Crippen LogP contribution in [0.5, 0.6) is 0 Å². The highest BCUT2D eigenvalue weighted by Crippen LogP contribution is 2.09. The number of nitrogens with zero attached hydrogens (tertiary/aromatic N) is 1. The first kappa shape index (κ1) is 17.4. The minimum absolute atomic E-state index is 0. The van der Waals surface area contributed by atoms with Crippen molar-refractivity contribution in [3.63, 3.8) is 0 Å². The molecule has 0 heterocycles. The van der Waals surface area contributed by atoms with Crippen molar-refractivity contribution in [2.45, 2.75) is 13.3 Å². The molecule has 0 aromatic heterocycles. The largest absolute Gasteiger partial charge is 0.370 e. The number of nitrogens with two attached hydrogens (primary N) is 1. The Morgan fingerprint density at radius 2 is 1.95 bits per heavy atom. The maximum atomic E-state index is 13.0. The van der Waals surface area contributed by atoms with Crippen molar-refractivity contribution in [3.05, 3.63) is 65.5 Å². The predicted molar refractivity (Wildman–Crippen MR) is 96.8 cm³/mol. The van der Waals surface area contributed by atoms with Gasteiger partial charge in [0.1, 0.15) is 5.82 Å². The molecule has 0 radical (unpaired) electrons. The summed E-state index contributed by atoms with van der Waals surface area (Å²) < 4.78 is 13.0. The quantitative estimate of drug-likeness (QED) is 0.468. The van der Waals surface area contributed by atoms with Gasteiger partial charge in [-0.2, -0.15) is 0 Å². The fourth-order valence-corrected chi connectivity index (χ4v) is 1.91. The van der Waals surface area contributed by atoms with E-state index in [9.17, 15) is 4.39 Å². The van der Waals surface area contributed by atoms with Crippen LogP contribution in [0.3, 0.4) is 0 Å². The van der Waals surface area contributed by atoms with Crippen molar-refractivity contribution in [1.82, 2.24) is 0 Å². The third-order valence-corrected chi connectivity index (χ3v) is 2.86. The Labute approximate surface area is 141 Å². The van der Waals surface area contributed by atoms with E-state index in [0.717, 1.165) is 16.8 Å². The zero-order chi connectivity index (χ0) is 14.4. The maximum Gasteiger partial charge on any atom is 0.193 e. The van der Waals surface area contributed by atoms with Crippen LogP contribution in [0.2, 0.25) is 0 Å². The number of hydrogen-bond acceptors (Lipinski definition) is 1. The summed E-state index contributed by atoms with van der Waals surface area (Å²) in [6, 6.07) is 14.4. The van der Waals surface area contributed by atoms with Crippen LogP contribution in [-0.4, -0.2) is 12.5 Å². The first-order valence-corrected chi connectivity index (χ1v) is 6.51. The lowest BCUT2D eigenvalue weighted by atomic mass is 10.1. The molecule has 0 aliphatic heterocycles. The molecule has 112 valence electrons. The van der Waals surface area contributed by atoms with E-state index in [1.165, 1.54) is 12.1 Å². The van der Waals surface area contributed by atoms with Crippen LogP contribution in [0.1, 0.15) is 11.1 Å². The lowest BCUT2D eigenvalue weighted by Gasteiger charge is -2.06. The zero-order valence-electron chi connectivity index (χ0n) is 11.8. The molecule has 0 fully saturated rings. The molecule has 0 bridgehead atoms. The van der Waals surface area contributed by atoms with Gasteiger partial charge in [0, 0.05) is 12.2 Å². The standard InChI is InChI=1S/C16H18FN3.HI/c1-12-4-2-7-15(10-12)20-16(18)19-9-8-13-5-3-6-14(17)11-13;/h2-7,10-11H,8-9H2,1H3,(H3,18,19,20);1H. The normalized spacial score (nSPS) is 10.9. The average Bonchev–Trinajstić information content (AvgIpc) is 2.38. The van der Waals surface area contributed by atoms with Gasteiger partial charge in [0.05, 0.1) is 0 Å². The van der Waals surface area contributed by atoms with Crippen molar-refractivity contribution in [3.8, 4) is 0 Å². The van der Waals surface area contributed by atoms with Crippen LogP contribution in [-0.2, 0) is 6.42 Å². The van der Waals surface area contributed by atoms with E-state index < -0.39 is 0 Å². The van der Waals surface area contributed by atoms with Gasteiger partial charge in [0.2, 0.25) is 0 Å². The number of anilines is 1. The Hall–Kier alpha value is -1.63. The highest BCUT2D eigenvalue weighted by atomic mass is 127. The van der Waals surface area contributed by atoms with Crippen LogP contribution in [0.4, 0.5) is 10.1 Å². The van der Waals surface area contributed by atoms with Gasteiger partial charge in [0.25, 0.3) is 0 Å². The molecule has 2 rings (SSSR count). The number of aliphatic imine (C=N–C) groups is 1. The second-order valence-corrected chi connectivity index (χ2v) is 4.64. The van der Waals surface area contributed by atoms with E-state index in [4.69, 9.17) is 5.73 Å². The first-order chi connectivity index (χ1) is 9.63. The molecule has 21 heavy (non-hydrogen) atoms. The van der Waals surface area contributed by atoms with Gasteiger partial charge in [-0.05, 0) is 48.7 Å². The SMILES string of the molecule is Cc1cccc(NC(N)=NCCc2cccc(F)c2)c1.I. The first-order valence-electron chi connectivity index (χ1n) is 6.51. The molecule has 0 saturated heterocycles. The van der Waals surface area contributed by atoms with Crippen LogP contribution < -0.4 is 11.1 Å². The minimum atomic E-state index is -0.225. The van der Waals surface area contributed by atoms with Crippen LogP contribution >= 0.6 is 24.0 Å². The Bertz CT molecular complexity index is 614. The second-order valence-electron chi connectivity index (χ2n) is 4.64. The van der Waals surface area contributed by atoms with Crippen molar-refractivity contribution in [2.24, 2.45) is 10.7 Å². The molecule has 3 nitrogen and oxygen atoms in total. The Morgan fingerprint density at radius 3 is 2.67 bits per heavy atom. The Balaban J connectivity index is 0.00000220. The number of nitrogens with one attached hydrogen (secondary N) is 1. The molecule has 0 saturated carbocycles. The molecule has 0 spiro atoms. The van der Waals surface area contributed by atoms with Gasteiger partial charge in [-0.15, -0.1) is 24.0 Å². The number of guanidine groups is 1. The van der Waals surface area contributed by atoms with Crippen molar-refractivity contribution < 1.29 is 4.39 Å². The van der Waals surface area contributed by atoms with Crippen molar-refractivity contribution >= 4 is 35.6 Å². The Kier molecular flexibility index (Phi) is 7.14. The molecule has 3 N–H and O–H groups in total. The highest BCUT2D eigenvalue weighted by molar-refractivity contribution is 14.0. The topological polar surface area (TPSA) is 50.4 Å². The number of rotatable bonds is 4. The van der Waals surface area contributed by atoms with Gasteiger partial charge in [-0.3, -0.25) is 4.99 Å². The van der Waals surface area contributed by atoms with Crippen LogP contribution in [0, 0.1) is 12.7 Å². The lowest BCUT2D eigenvalue weighted by Crippen LogP contribution is -2.23. The summed E-state index contributed by atoms with van der Waals surface area (Å²) in [4.78, 5) is 4.23. The molecular weight excluding hydrogens is 380 g/mol. The lowest BCUT2D eigenvalue weighted by molar-refractivity contribution is 0.625. The average molecular weight is 399 g/mol.